The van der Waals surface area contributed by atoms with Gasteiger partial charge in [0, 0.05) is 0 Å². The van der Waals surface area contributed by atoms with Crippen molar-refractivity contribution in [3.8, 4) is 22.6 Å². The second-order valence-corrected chi connectivity index (χ2v) is 6.93. The van der Waals surface area contributed by atoms with Crippen LogP contribution in [-0.2, 0) is 5.41 Å². The molecule has 2 N–H and O–H groups in total. The van der Waals surface area contributed by atoms with E-state index in [1.807, 2.05) is 79.7 Å². The fraction of sp³-hybridized carbons (Fsp3) is 0.273. The standard InChI is InChI=1S/C25H18O2.4C2H6/c26-19-13-9-17(10-14-19)25(18-11-15-20(27)16-12-18)23-7-3-1-5-21(23)22-6-2-4-8-24(22)25;4*1-2/h1-16,26-27H;4*1-2H3. The minimum Gasteiger partial charge on any atom is -0.508 e. The molecule has 0 saturated heterocycles. The van der Waals surface area contributed by atoms with Crippen LogP contribution in [0.1, 0.15) is 77.6 Å². The lowest BCUT2D eigenvalue weighted by atomic mass is 9.68. The minimum atomic E-state index is -0.491. The van der Waals surface area contributed by atoms with Gasteiger partial charge < -0.3 is 10.2 Å². The Balaban J connectivity index is 0.000000699. The number of fused-ring (bicyclic) bond motifs is 3. The van der Waals surface area contributed by atoms with Crippen molar-refractivity contribution in [1.82, 2.24) is 0 Å². The van der Waals surface area contributed by atoms with Gasteiger partial charge in [0.2, 0.25) is 0 Å². The minimum absolute atomic E-state index is 0.249. The van der Waals surface area contributed by atoms with Gasteiger partial charge >= 0.3 is 0 Å². The van der Waals surface area contributed by atoms with E-state index >= 15 is 0 Å². The van der Waals surface area contributed by atoms with Crippen molar-refractivity contribution in [2.24, 2.45) is 0 Å². The molecule has 2 nitrogen and oxygen atoms in total. The Morgan fingerprint density at radius 2 is 0.686 bits per heavy atom. The Hall–Kier alpha value is -3.52. The predicted octanol–water partition coefficient (Wildman–Crippen LogP) is 9.57. The average Bonchev–Trinajstić information content (AvgIpc) is 3.25. The molecule has 0 bridgehead atoms. The van der Waals surface area contributed by atoms with Crippen LogP contribution in [0.3, 0.4) is 0 Å². The normalized spacial score (nSPS) is 11.3. The highest BCUT2D eigenvalue weighted by Gasteiger charge is 2.45. The Kier molecular flexibility index (Phi) is 12.4. The van der Waals surface area contributed by atoms with E-state index in [4.69, 9.17) is 0 Å². The maximum absolute atomic E-state index is 9.85. The summed E-state index contributed by atoms with van der Waals surface area (Å²) >= 11 is 0. The van der Waals surface area contributed by atoms with Crippen LogP contribution in [0.5, 0.6) is 11.5 Å². The van der Waals surface area contributed by atoms with Crippen molar-refractivity contribution in [2.75, 3.05) is 0 Å². The highest BCUT2D eigenvalue weighted by molar-refractivity contribution is 5.86. The molecule has 5 rings (SSSR count). The SMILES string of the molecule is CC.CC.CC.CC.Oc1ccc(C2(c3ccc(O)cc3)c3ccccc3-c3ccccc32)cc1. The lowest BCUT2D eigenvalue weighted by Crippen LogP contribution is -2.28. The number of benzene rings is 4. The van der Waals surface area contributed by atoms with E-state index in [0.717, 1.165) is 11.1 Å². The first-order chi connectivity index (χ1) is 17.2. The maximum Gasteiger partial charge on any atom is 0.115 e. The van der Waals surface area contributed by atoms with Gasteiger partial charge in [-0.25, -0.2) is 0 Å². The van der Waals surface area contributed by atoms with E-state index in [1.165, 1.54) is 22.3 Å². The molecule has 0 atom stereocenters. The van der Waals surface area contributed by atoms with Gasteiger partial charge in [0.1, 0.15) is 11.5 Å². The van der Waals surface area contributed by atoms with Gasteiger partial charge in [0.05, 0.1) is 5.41 Å². The molecule has 4 aromatic rings. The first kappa shape index (κ1) is 29.5. The molecular formula is C33H42O2. The third-order valence-corrected chi connectivity index (χ3v) is 5.55. The molecule has 0 amide bonds. The van der Waals surface area contributed by atoms with Gasteiger partial charge in [-0.15, -0.1) is 0 Å². The van der Waals surface area contributed by atoms with E-state index in [2.05, 4.69) is 48.5 Å². The van der Waals surface area contributed by atoms with Gasteiger partial charge in [-0.1, -0.05) is 128 Å². The van der Waals surface area contributed by atoms with Crippen molar-refractivity contribution in [3.05, 3.63) is 119 Å². The summed E-state index contributed by atoms with van der Waals surface area (Å²) in [5.41, 5.74) is 6.54. The Morgan fingerprint density at radius 1 is 0.400 bits per heavy atom. The van der Waals surface area contributed by atoms with Crippen molar-refractivity contribution >= 4 is 0 Å². The van der Waals surface area contributed by atoms with Crippen LogP contribution in [0.4, 0.5) is 0 Å². The number of phenols is 2. The molecule has 186 valence electrons. The Labute approximate surface area is 212 Å². The fourth-order valence-electron chi connectivity index (χ4n) is 4.45. The molecule has 35 heavy (non-hydrogen) atoms. The van der Waals surface area contributed by atoms with E-state index in [0.29, 0.717) is 0 Å². The lowest BCUT2D eigenvalue weighted by Gasteiger charge is -2.33. The third-order valence-electron chi connectivity index (χ3n) is 5.55. The number of hydrogen-bond acceptors (Lipinski definition) is 2. The molecule has 0 spiro atoms. The Morgan fingerprint density at radius 3 is 1.00 bits per heavy atom. The monoisotopic (exact) mass is 470 g/mol. The van der Waals surface area contributed by atoms with Crippen molar-refractivity contribution in [1.29, 1.82) is 0 Å². The summed E-state index contributed by atoms with van der Waals surface area (Å²) in [5.74, 6) is 0.498. The zero-order valence-electron chi connectivity index (χ0n) is 22.6. The van der Waals surface area contributed by atoms with Gasteiger partial charge in [-0.3, -0.25) is 0 Å². The summed E-state index contributed by atoms with van der Waals surface area (Å²) < 4.78 is 0. The average molecular weight is 471 g/mol. The van der Waals surface area contributed by atoms with Gasteiger partial charge in [-0.05, 0) is 57.6 Å². The van der Waals surface area contributed by atoms with E-state index in [1.54, 1.807) is 24.3 Å². The number of aromatic hydroxyl groups is 2. The molecule has 0 saturated carbocycles. The molecule has 0 radical (unpaired) electrons. The summed E-state index contributed by atoms with van der Waals surface area (Å²) in [6.07, 6.45) is 0. The maximum atomic E-state index is 9.85. The smallest absolute Gasteiger partial charge is 0.115 e. The number of hydrogen-bond donors (Lipinski definition) is 2. The second-order valence-electron chi connectivity index (χ2n) is 6.93. The van der Waals surface area contributed by atoms with E-state index < -0.39 is 5.41 Å². The van der Waals surface area contributed by atoms with Crippen LogP contribution in [0.2, 0.25) is 0 Å². The van der Waals surface area contributed by atoms with Gasteiger partial charge in [0.15, 0.2) is 0 Å². The van der Waals surface area contributed by atoms with Crippen LogP contribution >= 0.6 is 0 Å². The molecule has 0 heterocycles. The molecular weight excluding hydrogens is 428 g/mol. The van der Waals surface area contributed by atoms with Gasteiger partial charge in [0.25, 0.3) is 0 Å². The van der Waals surface area contributed by atoms with Crippen LogP contribution in [0, 0.1) is 0 Å². The second kappa shape index (κ2) is 14.7. The number of rotatable bonds is 2. The third kappa shape index (κ3) is 5.59. The van der Waals surface area contributed by atoms with Crippen molar-refractivity contribution in [3.63, 3.8) is 0 Å². The lowest BCUT2D eigenvalue weighted by molar-refractivity contribution is 0.475. The summed E-state index contributed by atoms with van der Waals surface area (Å²) in [7, 11) is 0. The summed E-state index contributed by atoms with van der Waals surface area (Å²) in [5, 5.41) is 19.7. The molecule has 0 unspecified atom stereocenters. The topological polar surface area (TPSA) is 40.5 Å². The summed E-state index contributed by atoms with van der Waals surface area (Å²) in [6, 6.07) is 31.9. The first-order valence-electron chi connectivity index (χ1n) is 13.0. The van der Waals surface area contributed by atoms with Crippen molar-refractivity contribution < 1.29 is 10.2 Å². The molecule has 0 aliphatic heterocycles. The first-order valence-corrected chi connectivity index (χ1v) is 13.0. The molecule has 2 heteroatoms. The highest BCUT2D eigenvalue weighted by atomic mass is 16.3. The van der Waals surface area contributed by atoms with Crippen molar-refractivity contribution in [2.45, 2.75) is 60.8 Å². The van der Waals surface area contributed by atoms with Crippen LogP contribution in [0.15, 0.2) is 97.1 Å². The number of phenolic OH excluding ortho intramolecular Hbond substituents is 2. The van der Waals surface area contributed by atoms with E-state index in [-0.39, 0.29) is 11.5 Å². The highest BCUT2D eigenvalue weighted by Crippen LogP contribution is 2.56. The van der Waals surface area contributed by atoms with Gasteiger partial charge in [-0.2, -0.15) is 0 Å². The summed E-state index contributed by atoms with van der Waals surface area (Å²) in [4.78, 5) is 0. The molecule has 1 aliphatic rings. The van der Waals surface area contributed by atoms with E-state index in [9.17, 15) is 10.2 Å². The molecule has 4 aromatic carbocycles. The fourth-order valence-corrected chi connectivity index (χ4v) is 4.45. The van der Waals surface area contributed by atoms with Crippen LogP contribution in [-0.4, -0.2) is 10.2 Å². The molecule has 0 fully saturated rings. The zero-order valence-corrected chi connectivity index (χ0v) is 22.6. The predicted molar refractivity (Wildman–Crippen MR) is 152 cm³/mol. The molecule has 1 aliphatic carbocycles. The van der Waals surface area contributed by atoms with Crippen LogP contribution in [0.25, 0.3) is 11.1 Å². The summed E-state index contributed by atoms with van der Waals surface area (Å²) in [6.45, 7) is 16.0. The quantitative estimate of drug-likeness (QED) is 0.270. The van der Waals surface area contributed by atoms with Crippen LogP contribution < -0.4 is 0 Å². The Bertz CT molecular complexity index is 1030. The molecule has 0 aromatic heterocycles. The largest absolute Gasteiger partial charge is 0.508 e. The zero-order chi connectivity index (χ0) is 26.4.